The van der Waals surface area contributed by atoms with Crippen molar-refractivity contribution in [3.05, 3.63) is 12.7 Å². The predicted molar refractivity (Wildman–Crippen MR) is 64.2 cm³/mol. The summed E-state index contributed by atoms with van der Waals surface area (Å²) in [5, 5.41) is 3.45. The van der Waals surface area contributed by atoms with Crippen LogP contribution < -0.4 is 5.32 Å². The second-order valence-electron chi connectivity index (χ2n) is 3.99. The van der Waals surface area contributed by atoms with Gasteiger partial charge in [0.05, 0.1) is 13.2 Å². The first-order chi connectivity index (χ1) is 7.43. The summed E-state index contributed by atoms with van der Waals surface area (Å²) in [5.41, 5.74) is 0. The monoisotopic (exact) mass is 212 g/mol. The van der Waals surface area contributed by atoms with Gasteiger partial charge in [0, 0.05) is 13.1 Å². The fourth-order valence-corrected chi connectivity index (χ4v) is 1.75. The molecule has 3 heteroatoms. The summed E-state index contributed by atoms with van der Waals surface area (Å²) in [7, 11) is 0. The summed E-state index contributed by atoms with van der Waals surface area (Å²) < 4.78 is 5.30. The largest absolute Gasteiger partial charge is 0.379 e. The summed E-state index contributed by atoms with van der Waals surface area (Å²) in [5.74, 6) is 0. The molecule has 1 heterocycles. The minimum atomic E-state index is 0.909. The van der Waals surface area contributed by atoms with Gasteiger partial charge in [-0.3, -0.25) is 4.90 Å². The highest BCUT2D eigenvalue weighted by molar-refractivity contribution is 4.67. The van der Waals surface area contributed by atoms with Gasteiger partial charge in [0.15, 0.2) is 0 Å². The Hall–Kier alpha value is -0.380. The highest BCUT2D eigenvalue weighted by Gasteiger charge is 2.08. The van der Waals surface area contributed by atoms with Crippen LogP contribution in [-0.2, 0) is 4.74 Å². The van der Waals surface area contributed by atoms with E-state index in [1.54, 1.807) is 0 Å². The van der Waals surface area contributed by atoms with E-state index in [0.717, 1.165) is 45.8 Å². The van der Waals surface area contributed by atoms with E-state index >= 15 is 0 Å². The molecule has 3 nitrogen and oxygen atoms in total. The summed E-state index contributed by atoms with van der Waals surface area (Å²) in [6.07, 6.45) is 5.56. The maximum atomic E-state index is 5.30. The Labute approximate surface area is 93.5 Å². The van der Waals surface area contributed by atoms with Crippen LogP contribution in [0.25, 0.3) is 0 Å². The van der Waals surface area contributed by atoms with E-state index in [1.165, 1.54) is 19.4 Å². The van der Waals surface area contributed by atoms with Crippen LogP contribution in [0, 0.1) is 0 Å². The molecule has 0 unspecified atom stereocenters. The molecule has 1 aliphatic heterocycles. The highest BCUT2D eigenvalue weighted by atomic mass is 16.5. The molecule has 0 aliphatic carbocycles. The molecule has 1 aliphatic rings. The Morgan fingerprint density at radius 1 is 1.20 bits per heavy atom. The third-order valence-electron chi connectivity index (χ3n) is 2.69. The number of nitrogens with zero attached hydrogens (tertiary/aromatic N) is 1. The Bertz CT molecular complexity index is 156. The normalized spacial score (nSPS) is 17.9. The lowest BCUT2D eigenvalue weighted by atomic mass is 10.3. The molecule has 1 saturated heterocycles. The third-order valence-corrected chi connectivity index (χ3v) is 2.69. The van der Waals surface area contributed by atoms with Crippen molar-refractivity contribution in [2.24, 2.45) is 0 Å². The molecule has 88 valence electrons. The third kappa shape index (κ3) is 6.66. The molecule has 0 radical (unpaired) electrons. The molecule has 0 spiro atoms. The SMILES string of the molecule is C=CCCCNCCCN1CCOCC1. The second kappa shape index (κ2) is 8.89. The lowest BCUT2D eigenvalue weighted by molar-refractivity contribution is 0.0374. The molecule has 1 N–H and O–H groups in total. The average Bonchev–Trinajstić information content (AvgIpc) is 2.29. The first-order valence-electron chi connectivity index (χ1n) is 6.05. The highest BCUT2D eigenvalue weighted by Crippen LogP contribution is 1.97. The Morgan fingerprint density at radius 3 is 2.67 bits per heavy atom. The fraction of sp³-hybridized carbons (Fsp3) is 0.833. The van der Waals surface area contributed by atoms with E-state index in [0.29, 0.717) is 0 Å². The van der Waals surface area contributed by atoms with Crippen molar-refractivity contribution < 1.29 is 4.74 Å². The van der Waals surface area contributed by atoms with Gasteiger partial charge in [-0.05, 0) is 38.9 Å². The van der Waals surface area contributed by atoms with Crippen LogP contribution in [0.3, 0.4) is 0 Å². The second-order valence-corrected chi connectivity index (χ2v) is 3.99. The number of hydrogen-bond donors (Lipinski definition) is 1. The van der Waals surface area contributed by atoms with Crippen molar-refractivity contribution in [1.82, 2.24) is 10.2 Å². The number of ether oxygens (including phenoxy) is 1. The fourth-order valence-electron chi connectivity index (χ4n) is 1.75. The van der Waals surface area contributed by atoms with Crippen molar-refractivity contribution in [2.45, 2.75) is 19.3 Å². The minimum Gasteiger partial charge on any atom is -0.379 e. The number of nitrogens with one attached hydrogen (secondary N) is 1. The van der Waals surface area contributed by atoms with Crippen LogP contribution in [0.1, 0.15) is 19.3 Å². The molecule has 0 bridgehead atoms. The topological polar surface area (TPSA) is 24.5 Å². The van der Waals surface area contributed by atoms with Crippen LogP contribution in [0.4, 0.5) is 0 Å². The van der Waals surface area contributed by atoms with Crippen LogP contribution in [0.2, 0.25) is 0 Å². The van der Waals surface area contributed by atoms with E-state index in [2.05, 4.69) is 16.8 Å². The zero-order valence-corrected chi connectivity index (χ0v) is 9.71. The summed E-state index contributed by atoms with van der Waals surface area (Å²) in [6, 6.07) is 0. The maximum Gasteiger partial charge on any atom is 0.0594 e. The molecule has 15 heavy (non-hydrogen) atoms. The molecule has 0 aromatic carbocycles. The van der Waals surface area contributed by atoms with Gasteiger partial charge >= 0.3 is 0 Å². The van der Waals surface area contributed by atoms with Crippen molar-refractivity contribution in [3.8, 4) is 0 Å². The zero-order valence-electron chi connectivity index (χ0n) is 9.71. The lowest BCUT2D eigenvalue weighted by Crippen LogP contribution is -2.37. The molecule has 0 amide bonds. The lowest BCUT2D eigenvalue weighted by Gasteiger charge is -2.26. The summed E-state index contributed by atoms with van der Waals surface area (Å²) in [4.78, 5) is 2.48. The van der Waals surface area contributed by atoms with Gasteiger partial charge in [-0.15, -0.1) is 6.58 Å². The average molecular weight is 212 g/mol. The van der Waals surface area contributed by atoms with Crippen molar-refractivity contribution in [2.75, 3.05) is 45.9 Å². The van der Waals surface area contributed by atoms with Gasteiger partial charge in [-0.2, -0.15) is 0 Å². The first kappa shape index (κ1) is 12.7. The smallest absolute Gasteiger partial charge is 0.0594 e. The molecule has 1 fully saturated rings. The van der Waals surface area contributed by atoms with Crippen molar-refractivity contribution >= 4 is 0 Å². The number of morpholine rings is 1. The van der Waals surface area contributed by atoms with Crippen LogP contribution in [0.5, 0.6) is 0 Å². The number of unbranched alkanes of at least 4 members (excludes halogenated alkanes) is 1. The van der Waals surface area contributed by atoms with Crippen LogP contribution >= 0.6 is 0 Å². The molecule has 0 atom stereocenters. The van der Waals surface area contributed by atoms with Crippen molar-refractivity contribution in [1.29, 1.82) is 0 Å². The molecule has 1 rings (SSSR count). The Morgan fingerprint density at radius 2 is 1.93 bits per heavy atom. The van der Waals surface area contributed by atoms with Gasteiger partial charge in [-0.1, -0.05) is 6.08 Å². The number of rotatable bonds is 8. The van der Waals surface area contributed by atoms with Crippen molar-refractivity contribution in [3.63, 3.8) is 0 Å². The number of allylic oxidation sites excluding steroid dienone is 1. The van der Waals surface area contributed by atoms with Crippen LogP contribution in [-0.4, -0.2) is 50.8 Å². The zero-order chi connectivity index (χ0) is 10.8. The van der Waals surface area contributed by atoms with E-state index in [9.17, 15) is 0 Å². The van der Waals surface area contributed by atoms with Gasteiger partial charge in [0.1, 0.15) is 0 Å². The van der Waals surface area contributed by atoms with E-state index < -0.39 is 0 Å². The summed E-state index contributed by atoms with van der Waals surface area (Å²) >= 11 is 0. The van der Waals surface area contributed by atoms with Gasteiger partial charge < -0.3 is 10.1 Å². The molecule has 0 aromatic rings. The van der Waals surface area contributed by atoms with Gasteiger partial charge in [-0.25, -0.2) is 0 Å². The first-order valence-corrected chi connectivity index (χ1v) is 6.05. The van der Waals surface area contributed by atoms with E-state index in [1.807, 2.05) is 6.08 Å². The maximum absolute atomic E-state index is 5.30. The number of hydrogen-bond acceptors (Lipinski definition) is 3. The van der Waals surface area contributed by atoms with Crippen LogP contribution in [0.15, 0.2) is 12.7 Å². The molecular formula is C12H24N2O. The Balaban J connectivity index is 1.81. The molecular weight excluding hydrogens is 188 g/mol. The standard InChI is InChI=1S/C12H24N2O/c1-2-3-4-6-13-7-5-8-14-9-11-15-12-10-14/h2,13H,1,3-12H2. The van der Waals surface area contributed by atoms with Gasteiger partial charge in [0.25, 0.3) is 0 Å². The quantitative estimate of drug-likeness (QED) is 0.484. The molecule has 0 saturated carbocycles. The summed E-state index contributed by atoms with van der Waals surface area (Å²) in [6.45, 7) is 11.2. The molecule has 0 aromatic heterocycles. The van der Waals surface area contributed by atoms with E-state index in [4.69, 9.17) is 4.74 Å². The predicted octanol–water partition coefficient (Wildman–Crippen LogP) is 1.26. The van der Waals surface area contributed by atoms with Gasteiger partial charge in [0.2, 0.25) is 0 Å². The Kier molecular flexibility index (Phi) is 7.52. The minimum absolute atomic E-state index is 0.909. The van der Waals surface area contributed by atoms with E-state index in [-0.39, 0.29) is 0 Å².